The molecule has 0 aromatic heterocycles. The van der Waals surface area contributed by atoms with E-state index in [4.69, 9.17) is 4.74 Å². The third-order valence-corrected chi connectivity index (χ3v) is 3.63. The van der Waals surface area contributed by atoms with Crippen LogP contribution in [-0.4, -0.2) is 18.4 Å². The summed E-state index contributed by atoms with van der Waals surface area (Å²) in [4.78, 5) is 23.5. The van der Waals surface area contributed by atoms with Crippen molar-refractivity contribution in [2.45, 2.75) is 19.4 Å². The summed E-state index contributed by atoms with van der Waals surface area (Å²) in [7, 11) is 0. The Morgan fingerprint density at radius 1 is 0.739 bits per heavy atom. The Kier molecular flexibility index (Phi) is 4.57. The smallest absolute Gasteiger partial charge is 0.239 e. The molecule has 0 atom stereocenters. The fourth-order valence-corrected chi connectivity index (χ4v) is 2.37. The van der Waals surface area contributed by atoms with Gasteiger partial charge in [0.15, 0.2) is 0 Å². The molecule has 5 heteroatoms. The number of ether oxygens (including phenoxy) is 1. The van der Waals surface area contributed by atoms with Gasteiger partial charge in [0, 0.05) is 13.0 Å². The van der Waals surface area contributed by atoms with Gasteiger partial charge in [-0.25, -0.2) is 0 Å². The molecule has 2 amide bonds. The standard InChI is InChI=1S/C18H18N2O3/c21-17-9-6-13-4-7-15(8-5-13)23-16-3-1-2-14(10-16)11-19-18(22)12-20-17/h1-5,7-8,10H,6,9,11-12H2,(H,19,22)(H,20,21). The zero-order valence-electron chi connectivity index (χ0n) is 12.7. The first kappa shape index (κ1) is 15.1. The lowest BCUT2D eigenvalue weighted by Gasteiger charge is -2.11. The van der Waals surface area contributed by atoms with Crippen molar-refractivity contribution < 1.29 is 14.3 Å². The van der Waals surface area contributed by atoms with Crippen molar-refractivity contribution in [1.29, 1.82) is 0 Å². The molecule has 2 aromatic carbocycles. The van der Waals surface area contributed by atoms with Crippen molar-refractivity contribution in [2.24, 2.45) is 0 Å². The lowest BCUT2D eigenvalue weighted by molar-refractivity contribution is -0.126. The van der Waals surface area contributed by atoms with Crippen LogP contribution in [0, 0.1) is 0 Å². The van der Waals surface area contributed by atoms with Gasteiger partial charge < -0.3 is 15.4 Å². The van der Waals surface area contributed by atoms with Crippen LogP contribution >= 0.6 is 0 Å². The molecular formula is C18H18N2O3. The summed E-state index contributed by atoms with van der Waals surface area (Å²) in [6.07, 6.45) is 0.982. The lowest BCUT2D eigenvalue weighted by Crippen LogP contribution is -2.36. The topological polar surface area (TPSA) is 67.4 Å². The molecule has 118 valence electrons. The SMILES string of the molecule is O=C1CCc2ccc(cc2)Oc2cccc(c2)CNC(=O)CN1. The van der Waals surface area contributed by atoms with Gasteiger partial charge in [0.05, 0.1) is 6.54 Å². The van der Waals surface area contributed by atoms with E-state index in [-0.39, 0.29) is 18.4 Å². The molecule has 0 unspecified atom stereocenters. The van der Waals surface area contributed by atoms with Crippen molar-refractivity contribution in [3.63, 3.8) is 0 Å². The third kappa shape index (κ3) is 4.32. The molecule has 2 aromatic rings. The first-order chi connectivity index (χ1) is 11.2. The van der Waals surface area contributed by atoms with E-state index in [1.165, 1.54) is 0 Å². The number of carbonyl (C=O) groups excluding carboxylic acids is 2. The molecule has 0 saturated heterocycles. The highest BCUT2D eigenvalue weighted by Crippen LogP contribution is 2.23. The van der Waals surface area contributed by atoms with Gasteiger partial charge in [-0.3, -0.25) is 9.59 Å². The predicted octanol–water partition coefficient (Wildman–Crippen LogP) is 2.16. The summed E-state index contributed by atoms with van der Waals surface area (Å²) in [5.74, 6) is 1.13. The van der Waals surface area contributed by atoms with Crippen molar-refractivity contribution in [3.8, 4) is 11.5 Å². The molecular weight excluding hydrogens is 292 g/mol. The molecule has 4 rings (SSSR count). The highest BCUT2D eigenvalue weighted by molar-refractivity contribution is 5.84. The van der Waals surface area contributed by atoms with E-state index in [1.807, 2.05) is 48.5 Å². The Labute approximate surface area is 134 Å². The molecule has 23 heavy (non-hydrogen) atoms. The predicted molar refractivity (Wildman–Crippen MR) is 86.1 cm³/mol. The summed E-state index contributed by atoms with van der Waals surface area (Å²) in [6, 6.07) is 15.3. The number of benzene rings is 2. The number of hydrogen-bond acceptors (Lipinski definition) is 3. The van der Waals surface area contributed by atoms with E-state index in [0.717, 1.165) is 22.6 Å². The van der Waals surface area contributed by atoms with Crippen LogP contribution in [0.15, 0.2) is 48.5 Å². The molecule has 0 saturated carbocycles. The Bertz CT molecular complexity index is 710. The first-order valence-corrected chi connectivity index (χ1v) is 7.58. The summed E-state index contributed by atoms with van der Waals surface area (Å²) in [5, 5.41) is 5.41. The number of carbonyl (C=O) groups is 2. The van der Waals surface area contributed by atoms with Gasteiger partial charge in [-0.05, 0) is 41.8 Å². The van der Waals surface area contributed by atoms with Crippen LogP contribution in [0.5, 0.6) is 11.5 Å². The maximum atomic E-state index is 11.8. The molecule has 0 aliphatic carbocycles. The maximum absolute atomic E-state index is 11.8. The zero-order valence-corrected chi connectivity index (χ0v) is 12.7. The zero-order chi connectivity index (χ0) is 16.1. The van der Waals surface area contributed by atoms with Gasteiger partial charge in [-0.15, -0.1) is 0 Å². The number of hydrogen-bond donors (Lipinski definition) is 2. The Balaban J connectivity index is 1.83. The molecule has 2 heterocycles. The van der Waals surface area contributed by atoms with Gasteiger partial charge in [-0.2, -0.15) is 0 Å². The fourth-order valence-electron chi connectivity index (χ4n) is 2.37. The molecule has 2 N–H and O–H groups in total. The summed E-state index contributed by atoms with van der Waals surface area (Å²) in [6.45, 7) is 0.388. The molecule has 2 aliphatic heterocycles. The second-order valence-corrected chi connectivity index (χ2v) is 5.45. The van der Waals surface area contributed by atoms with E-state index in [9.17, 15) is 9.59 Å². The highest BCUT2D eigenvalue weighted by atomic mass is 16.5. The van der Waals surface area contributed by atoms with Crippen molar-refractivity contribution in [2.75, 3.05) is 6.54 Å². The highest BCUT2D eigenvalue weighted by Gasteiger charge is 2.08. The van der Waals surface area contributed by atoms with E-state index in [2.05, 4.69) is 10.6 Å². The van der Waals surface area contributed by atoms with E-state index < -0.39 is 0 Å². The van der Waals surface area contributed by atoms with Crippen molar-refractivity contribution >= 4 is 11.8 Å². The number of rotatable bonds is 0. The third-order valence-electron chi connectivity index (χ3n) is 3.63. The van der Waals surface area contributed by atoms with E-state index >= 15 is 0 Å². The van der Waals surface area contributed by atoms with Crippen LogP contribution < -0.4 is 15.4 Å². The number of aryl methyl sites for hydroxylation is 1. The van der Waals surface area contributed by atoms with Crippen LogP contribution in [0.4, 0.5) is 0 Å². The number of amides is 2. The molecule has 2 aliphatic rings. The number of fused-ring (bicyclic) bond motifs is 9. The van der Waals surface area contributed by atoms with Crippen LogP contribution in [0.3, 0.4) is 0 Å². The lowest BCUT2D eigenvalue weighted by atomic mass is 10.1. The quantitative estimate of drug-likeness (QED) is 0.783. The van der Waals surface area contributed by atoms with Crippen molar-refractivity contribution in [3.05, 3.63) is 59.7 Å². The largest absolute Gasteiger partial charge is 0.457 e. The summed E-state index contributed by atoms with van der Waals surface area (Å²) >= 11 is 0. The van der Waals surface area contributed by atoms with Gasteiger partial charge in [0.25, 0.3) is 0 Å². The fraction of sp³-hybridized carbons (Fsp3) is 0.222. The average molecular weight is 310 g/mol. The monoisotopic (exact) mass is 310 g/mol. The normalized spacial score (nSPS) is 15.5. The average Bonchev–Trinajstić information content (AvgIpc) is 2.57. The van der Waals surface area contributed by atoms with Crippen LogP contribution in [0.2, 0.25) is 0 Å². The molecule has 0 fully saturated rings. The van der Waals surface area contributed by atoms with Crippen LogP contribution in [0.1, 0.15) is 17.5 Å². The molecule has 0 radical (unpaired) electrons. The summed E-state index contributed by atoms with van der Waals surface area (Å²) in [5.41, 5.74) is 1.99. The Hall–Kier alpha value is -2.82. The van der Waals surface area contributed by atoms with Crippen LogP contribution in [-0.2, 0) is 22.6 Å². The Morgan fingerprint density at radius 2 is 1.52 bits per heavy atom. The minimum absolute atomic E-state index is 0.00599. The molecule has 4 bridgehead atoms. The van der Waals surface area contributed by atoms with Gasteiger partial charge in [0.2, 0.25) is 11.8 Å². The van der Waals surface area contributed by atoms with E-state index in [1.54, 1.807) is 0 Å². The van der Waals surface area contributed by atoms with Gasteiger partial charge in [-0.1, -0.05) is 24.3 Å². The van der Waals surface area contributed by atoms with E-state index in [0.29, 0.717) is 19.4 Å². The summed E-state index contributed by atoms with van der Waals surface area (Å²) < 4.78 is 5.83. The first-order valence-electron chi connectivity index (χ1n) is 7.58. The number of nitrogens with one attached hydrogen (secondary N) is 2. The van der Waals surface area contributed by atoms with Gasteiger partial charge in [0.1, 0.15) is 11.5 Å². The van der Waals surface area contributed by atoms with Crippen molar-refractivity contribution in [1.82, 2.24) is 10.6 Å². The maximum Gasteiger partial charge on any atom is 0.239 e. The molecule has 0 spiro atoms. The molecule has 5 nitrogen and oxygen atoms in total. The minimum Gasteiger partial charge on any atom is -0.457 e. The van der Waals surface area contributed by atoms with Gasteiger partial charge >= 0.3 is 0 Å². The van der Waals surface area contributed by atoms with Crippen LogP contribution in [0.25, 0.3) is 0 Å². The minimum atomic E-state index is -0.208. The second-order valence-electron chi connectivity index (χ2n) is 5.45. The Morgan fingerprint density at radius 3 is 2.35 bits per heavy atom. The second kappa shape index (κ2) is 6.96.